The number of sulfone groups is 1. The van der Waals surface area contributed by atoms with E-state index in [0.29, 0.717) is 23.6 Å². The molecule has 7 rings (SSSR count). The van der Waals surface area contributed by atoms with E-state index in [0.717, 1.165) is 24.1 Å². The average molecular weight is 455 g/mol. The number of fused-ring (bicyclic) bond motifs is 1. The smallest absolute Gasteiger partial charge is 0.268 e. The summed E-state index contributed by atoms with van der Waals surface area (Å²) >= 11 is 0. The van der Waals surface area contributed by atoms with Crippen LogP contribution in [0.25, 0.3) is 5.65 Å². The van der Waals surface area contributed by atoms with Gasteiger partial charge < -0.3 is 5.32 Å². The van der Waals surface area contributed by atoms with Gasteiger partial charge in [-0.2, -0.15) is 5.10 Å². The molecule has 0 aromatic carbocycles. The summed E-state index contributed by atoms with van der Waals surface area (Å²) in [4.78, 5) is 21.3. The zero-order chi connectivity index (χ0) is 21.9. The average Bonchev–Trinajstić information content (AvgIpc) is 3.40. The van der Waals surface area contributed by atoms with Crippen LogP contribution in [-0.4, -0.2) is 45.4 Å². The fourth-order valence-corrected chi connectivity index (χ4v) is 7.85. The predicted octanol–water partition coefficient (Wildman–Crippen LogP) is 2.37. The van der Waals surface area contributed by atoms with Crippen LogP contribution in [-0.2, 0) is 15.6 Å². The third-order valence-electron chi connectivity index (χ3n) is 7.59. The van der Waals surface area contributed by atoms with E-state index in [1.807, 2.05) is 0 Å². The molecule has 9 nitrogen and oxygen atoms in total. The van der Waals surface area contributed by atoms with Gasteiger partial charge in [0.25, 0.3) is 5.91 Å². The van der Waals surface area contributed by atoms with Gasteiger partial charge in [0.1, 0.15) is 23.4 Å². The molecular formula is C22H26N6O3S. The Bertz CT molecular complexity index is 1240. The van der Waals surface area contributed by atoms with Crippen molar-refractivity contribution in [3.05, 3.63) is 42.1 Å². The molecule has 4 fully saturated rings. The number of aromatic nitrogens is 5. The Morgan fingerprint density at radius 2 is 1.88 bits per heavy atom. The number of pyridine rings is 1. The van der Waals surface area contributed by atoms with Crippen LogP contribution in [0.1, 0.15) is 54.7 Å². The number of carbonyl (C=O) groups is 1. The molecular weight excluding hydrogens is 428 g/mol. The monoisotopic (exact) mass is 454 g/mol. The minimum absolute atomic E-state index is 0.145. The van der Waals surface area contributed by atoms with Crippen molar-refractivity contribution in [3.8, 4) is 0 Å². The number of hydrogen-bond acceptors (Lipinski definition) is 6. The van der Waals surface area contributed by atoms with E-state index in [1.54, 1.807) is 28.8 Å². The molecule has 3 aromatic rings. The summed E-state index contributed by atoms with van der Waals surface area (Å²) in [6.07, 6.45) is 10.6. The molecule has 0 radical (unpaired) electrons. The summed E-state index contributed by atoms with van der Waals surface area (Å²) < 4.78 is 26.7. The summed E-state index contributed by atoms with van der Waals surface area (Å²) in [5.74, 6) is 2.05. The number of imidazole rings is 1. The molecule has 1 amide bonds. The fourth-order valence-electron chi connectivity index (χ4n) is 6.79. The normalized spacial score (nSPS) is 28.9. The Kier molecular flexibility index (Phi) is 4.43. The number of carbonyl (C=O) groups excluding carboxylic acids is 1. The highest BCUT2D eigenvalue weighted by Crippen LogP contribution is 2.59. The van der Waals surface area contributed by atoms with E-state index in [9.17, 15) is 13.2 Å². The van der Waals surface area contributed by atoms with Crippen molar-refractivity contribution < 1.29 is 13.2 Å². The first-order valence-electron chi connectivity index (χ1n) is 11.2. The lowest BCUT2D eigenvalue weighted by Gasteiger charge is -2.56. The van der Waals surface area contributed by atoms with Gasteiger partial charge in [-0.1, -0.05) is 6.07 Å². The molecule has 3 aromatic heterocycles. The summed E-state index contributed by atoms with van der Waals surface area (Å²) in [5, 5.41) is 9.00. The van der Waals surface area contributed by atoms with Gasteiger partial charge >= 0.3 is 0 Å². The topological polar surface area (TPSA) is 122 Å². The lowest BCUT2D eigenvalue weighted by Crippen LogP contribution is -2.51. The minimum atomic E-state index is -3.69. The molecule has 0 unspecified atom stereocenters. The third kappa shape index (κ3) is 3.41. The molecule has 0 aliphatic heterocycles. The Morgan fingerprint density at radius 3 is 2.53 bits per heavy atom. The maximum atomic E-state index is 13.1. The number of amides is 1. The maximum Gasteiger partial charge on any atom is 0.268 e. The highest BCUT2D eigenvalue weighted by atomic mass is 32.2. The molecule has 0 saturated heterocycles. The third-order valence-corrected chi connectivity index (χ3v) is 9.05. The number of H-pyrrole nitrogens is 1. The minimum Gasteiger partial charge on any atom is -0.350 e. The first-order valence-corrected chi connectivity index (χ1v) is 12.9. The molecule has 10 heteroatoms. The number of rotatable bonds is 6. The Hall–Kier alpha value is -2.75. The van der Waals surface area contributed by atoms with Crippen LogP contribution >= 0.6 is 0 Å². The van der Waals surface area contributed by atoms with Crippen LogP contribution in [0.15, 0.2) is 35.9 Å². The predicted molar refractivity (Wildman–Crippen MR) is 115 cm³/mol. The zero-order valence-electron chi connectivity index (χ0n) is 17.7. The molecule has 4 bridgehead atoms. The van der Waals surface area contributed by atoms with E-state index in [4.69, 9.17) is 0 Å². The number of hydrogen-bond donors (Lipinski definition) is 2. The van der Waals surface area contributed by atoms with Crippen LogP contribution in [0.4, 0.5) is 0 Å². The van der Waals surface area contributed by atoms with Crippen molar-refractivity contribution >= 4 is 21.4 Å². The van der Waals surface area contributed by atoms with Gasteiger partial charge in [-0.25, -0.2) is 18.4 Å². The first-order chi connectivity index (χ1) is 15.4. The summed E-state index contributed by atoms with van der Waals surface area (Å²) in [7, 11) is -3.69. The van der Waals surface area contributed by atoms with E-state index < -0.39 is 9.84 Å². The van der Waals surface area contributed by atoms with Crippen LogP contribution < -0.4 is 5.32 Å². The Morgan fingerprint density at radius 1 is 1.16 bits per heavy atom. The fraction of sp³-hybridized carbons (Fsp3) is 0.545. The van der Waals surface area contributed by atoms with Crippen LogP contribution in [0, 0.1) is 23.2 Å². The molecule has 168 valence electrons. The second kappa shape index (κ2) is 7.13. The van der Waals surface area contributed by atoms with Crippen LogP contribution in [0.3, 0.4) is 0 Å². The second-order valence-corrected chi connectivity index (χ2v) is 11.9. The SMILES string of the molecule is O=C(NCC12CC3CC(CC(C3)C1)C2)c1cccc2nc(CS(=O)(=O)c3ncn[nH]3)cn12. The van der Waals surface area contributed by atoms with Gasteiger partial charge in [0.2, 0.25) is 15.0 Å². The van der Waals surface area contributed by atoms with E-state index in [-0.39, 0.29) is 22.2 Å². The van der Waals surface area contributed by atoms with Crippen molar-refractivity contribution in [2.24, 2.45) is 23.2 Å². The van der Waals surface area contributed by atoms with Crippen molar-refractivity contribution in [1.29, 1.82) is 0 Å². The number of aromatic amines is 1. The lowest BCUT2D eigenvalue weighted by molar-refractivity contribution is -0.0503. The quantitative estimate of drug-likeness (QED) is 0.590. The van der Waals surface area contributed by atoms with Crippen molar-refractivity contribution in [3.63, 3.8) is 0 Å². The summed E-state index contributed by atoms with van der Waals surface area (Å²) in [6.45, 7) is 0.715. The van der Waals surface area contributed by atoms with Gasteiger partial charge in [0.15, 0.2) is 0 Å². The largest absolute Gasteiger partial charge is 0.350 e. The first kappa shape index (κ1) is 19.9. The molecule has 0 spiro atoms. The Balaban J connectivity index is 1.21. The molecule has 4 saturated carbocycles. The number of nitrogens with zero attached hydrogens (tertiary/aromatic N) is 4. The zero-order valence-corrected chi connectivity index (χ0v) is 18.5. The molecule has 4 aliphatic carbocycles. The molecule has 2 N–H and O–H groups in total. The van der Waals surface area contributed by atoms with Crippen molar-refractivity contribution in [2.45, 2.75) is 49.4 Å². The van der Waals surface area contributed by atoms with Gasteiger partial charge in [0, 0.05) is 12.7 Å². The highest BCUT2D eigenvalue weighted by Gasteiger charge is 2.50. The Labute approximate surface area is 186 Å². The van der Waals surface area contributed by atoms with Crippen LogP contribution in [0.5, 0.6) is 0 Å². The molecule has 4 aliphatic rings. The number of nitrogens with one attached hydrogen (secondary N) is 2. The van der Waals surface area contributed by atoms with Crippen molar-refractivity contribution in [1.82, 2.24) is 29.9 Å². The standard InChI is InChI=1S/C22H26N6O3S/c29-20(23-12-22-7-14-4-15(8-22)6-16(5-14)9-22)18-2-1-3-19-26-17(10-28(18)19)11-32(30,31)21-24-13-25-27-21/h1-3,10,13-16H,4-9,11-12H2,(H,23,29)(H,24,25,27). The van der Waals surface area contributed by atoms with Gasteiger partial charge in [-0.3, -0.25) is 14.3 Å². The summed E-state index contributed by atoms with van der Waals surface area (Å²) in [6, 6.07) is 5.29. The van der Waals surface area contributed by atoms with E-state index in [2.05, 4.69) is 25.5 Å². The lowest BCUT2D eigenvalue weighted by atomic mass is 9.49. The molecule has 3 heterocycles. The van der Waals surface area contributed by atoms with Crippen molar-refractivity contribution in [2.75, 3.05) is 6.54 Å². The van der Waals surface area contributed by atoms with Gasteiger partial charge in [0.05, 0.1) is 5.69 Å². The van der Waals surface area contributed by atoms with Crippen LogP contribution in [0.2, 0.25) is 0 Å². The van der Waals surface area contributed by atoms with Gasteiger partial charge in [-0.05, 0) is 73.8 Å². The molecule has 0 atom stereocenters. The van der Waals surface area contributed by atoms with E-state index >= 15 is 0 Å². The molecule has 32 heavy (non-hydrogen) atoms. The highest BCUT2D eigenvalue weighted by molar-refractivity contribution is 7.90. The van der Waals surface area contributed by atoms with E-state index in [1.165, 1.54) is 38.5 Å². The maximum absolute atomic E-state index is 13.1. The van der Waals surface area contributed by atoms with Gasteiger partial charge in [-0.15, -0.1) is 0 Å². The summed E-state index contributed by atoms with van der Waals surface area (Å²) in [5.41, 5.74) is 1.60. The second-order valence-electron chi connectivity index (χ2n) is 10.0.